The first kappa shape index (κ1) is 13.0. The van der Waals surface area contributed by atoms with Crippen molar-refractivity contribution >= 4 is 18.1 Å². The third-order valence-corrected chi connectivity index (χ3v) is 2.58. The SMILES string of the molecule is CN(C=N)c1ccnc(NC(O)c2ccccc2)n1. The normalized spacial score (nSPS) is 11.7. The minimum absolute atomic E-state index is 0.308. The van der Waals surface area contributed by atoms with Gasteiger partial charge >= 0.3 is 0 Å². The van der Waals surface area contributed by atoms with Crippen LogP contribution in [-0.4, -0.2) is 28.5 Å². The zero-order valence-electron chi connectivity index (χ0n) is 10.5. The zero-order chi connectivity index (χ0) is 13.7. The molecule has 0 bridgehead atoms. The van der Waals surface area contributed by atoms with E-state index in [1.54, 1.807) is 24.2 Å². The number of benzene rings is 1. The van der Waals surface area contributed by atoms with Crippen LogP contribution in [-0.2, 0) is 0 Å². The molecule has 0 saturated heterocycles. The van der Waals surface area contributed by atoms with Crippen LogP contribution in [0.5, 0.6) is 0 Å². The summed E-state index contributed by atoms with van der Waals surface area (Å²) in [7, 11) is 1.72. The van der Waals surface area contributed by atoms with Gasteiger partial charge in [0.15, 0.2) is 6.23 Å². The summed E-state index contributed by atoms with van der Waals surface area (Å²) in [5.41, 5.74) is 0.733. The van der Waals surface area contributed by atoms with Crippen molar-refractivity contribution in [1.82, 2.24) is 9.97 Å². The molecular weight excluding hydrogens is 242 g/mol. The molecule has 0 saturated carbocycles. The highest BCUT2D eigenvalue weighted by Gasteiger charge is 2.09. The summed E-state index contributed by atoms with van der Waals surface area (Å²) in [5, 5.41) is 20.0. The predicted octanol–water partition coefficient (Wildman–Crippen LogP) is 1.62. The Balaban J connectivity index is 2.13. The molecule has 2 rings (SSSR count). The standard InChI is InChI=1S/C13H15N5O/c1-18(9-14)11-7-8-15-13(16-11)17-12(19)10-5-3-2-4-6-10/h2-9,12,14,19H,1H3,(H,15,16,17). The third-order valence-electron chi connectivity index (χ3n) is 2.58. The van der Waals surface area contributed by atoms with Crippen LogP contribution in [0.25, 0.3) is 0 Å². The highest BCUT2D eigenvalue weighted by Crippen LogP contribution is 2.15. The maximum Gasteiger partial charge on any atom is 0.226 e. The molecule has 0 amide bonds. The summed E-state index contributed by atoms with van der Waals surface area (Å²) in [6.45, 7) is 0. The van der Waals surface area contributed by atoms with Gasteiger partial charge in [0, 0.05) is 18.8 Å². The lowest BCUT2D eigenvalue weighted by molar-refractivity contribution is 0.207. The van der Waals surface area contributed by atoms with Crippen LogP contribution in [0.3, 0.4) is 0 Å². The largest absolute Gasteiger partial charge is 0.369 e. The fourth-order valence-electron chi connectivity index (χ4n) is 1.52. The first-order valence-corrected chi connectivity index (χ1v) is 5.76. The quantitative estimate of drug-likeness (QED) is 0.430. The first-order chi connectivity index (χ1) is 9.20. The lowest BCUT2D eigenvalue weighted by Gasteiger charge is -2.15. The van der Waals surface area contributed by atoms with Crippen molar-refractivity contribution in [2.24, 2.45) is 0 Å². The molecular formula is C13H15N5O. The highest BCUT2D eigenvalue weighted by atomic mass is 16.3. The van der Waals surface area contributed by atoms with Gasteiger partial charge in [0.05, 0.1) is 6.34 Å². The molecule has 98 valence electrons. The summed E-state index contributed by atoms with van der Waals surface area (Å²) in [5.74, 6) is 0.885. The van der Waals surface area contributed by atoms with Crippen LogP contribution in [0.1, 0.15) is 11.8 Å². The van der Waals surface area contributed by atoms with E-state index in [1.165, 1.54) is 0 Å². The first-order valence-electron chi connectivity index (χ1n) is 5.76. The Bertz CT molecular complexity index is 546. The van der Waals surface area contributed by atoms with Crippen molar-refractivity contribution in [2.75, 3.05) is 17.3 Å². The van der Waals surface area contributed by atoms with Gasteiger partial charge in [0.1, 0.15) is 5.82 Å². The van der Waals surface area contributed by atoms with E-state index in [4.69, 9.17) is 5.41 Å². The molecule has 1 heterocycles. The van der Waals surface area contributed by atoms with Gasteiger partial charge in [-0.3, -0.25) is 5.41 Å². The van der Waals surface area contributed by atoms with Gasteiger partial charge in [-0.15, -0.1) is 0 Å². The van der Waals surface area contributed by atoms with E-state index in [0.717, 1.165) is 11.9 Å². The van der Waals surface area contributed by atoms with Gasteiger partial charge in [-0.1, -0.05) is 30.3 Å². The molecule has 2 aromatic rings. The average molecular weight is 257 g/mol. The van der Waals surface area contributed by atoms with E-state index in [2.05, 4.69) is 15.3 Å². The van der Waals surface area contributed by atoms with E-state index in [9.17, 15) is 5.11 Å². The van der Waals surface area contributed by atoms with Gasteiger partial charge in [0.25, 0.3) is 0 Å². The van der Waals surface area contributed by atoms with Gasteiger partial charge in [-0.2, -0.15) is 4.98 Å². The molecule has 0 fully saturated rings. The van der Waals surface area contributed by atoms with Crippen molar-refractivity contribution in [3.8, 4) is 0 Å². The molecule has 1 unspecified atom stereocenters. The minimum Gasteiger partial charge on any atom is -0.369 e. The second kappa shape index (κ2) is 5.92. The maximum atomic E-state index is 10.0. The van der Waals surface area contributed by atoms with Crippen molar-refractivity contribution in [3.63, 3.8) is 0 Å². The molecule has 0 aliphatic heterocycles. The molecule has 0 aliphatic rings. The number of aliphatic hydroxyl groups excluding tert-OH is 1. The molecule has 1 atom stereocenters. The van der Waals surface area contributed by atoms with Crippen LogP contribution in [0.2, 0.25) is 0 Å². The van der Waals surface area contributed by atoms with Crippen LogP contribution < -0.4 is 10.2 Å². The molecule has 1 aromatic heterocycles. The highest BCUT2D eigenvalue weighted by molar-refractivity contribution is 5.74. The Hall–Kier alpha value is -2.47. The summed E-state index contributed by atoms with van der Waals surface area (Å²) in [6.07, 6.45) is 1.85. The predicted molar refractivity (Wildman–Crippen MR) is 74.2 cm³/mol. The van der Waals surface area contributed by atoms with Crippen LogP contribution >= 0.6 is 0 Å². The van der Waals surface area contributed by atoms with Crippen LogP contribution in [0.4, 0.5) is 11.8 Å². The summed E-state index contributed by atoms with van der Waals surface area (Å²) in [4.78, 5) is 9.78. The molecule has 3 N–H and O–H groups in total. The monoisotopic (exact) mass is 257 g/mol. The molecule has 6 nitrogen and oxygen atoms in total. The Morgan fingerprint density at radius 3 is 2.74 bits per heavy atom. The van der Waals surface area contributed by atoms with Crippen molar-refractivity contribution in [2.45, 2.75) is 6.23 Å². The fourth-order valence-corrected chi connectivity index (χ4v) is 1.52. The molecule has 0 radical (unpaired) electrons. The van der Waals surface area contributed by atoms with Crippen molar-refractivity contribution in [1.29, 1.82) is 5.41 Å². The van der Waals surface area contributed by atoms with E-state index < -0.39 is 6.23 Å². The second-order valence-electron chi connectivity index (χ2n) is 3.94. The van der Waals surface area contributed by atoms with Gasteiger partial charge in [-0.25, -0.2) is 4.98 Å². The number of hydrogen-bond donors (Lipinski definition) is 3. The zero-order valence-corrected chi connectivity index (χ0v) is 10.5. The van der Waals surface area contributed by atoms with E-state index in [-0.39, 0.29) is 0 Å². The summed E-state index contributed by atoms with van der Waals surface area (Å²) >= 11 is 0. The third kappa shape index (κ3) is 3.26. The van der Waals surface area contributed by atoms with Crippen LogP contribution in [0.15, 0.2) is 42.6 Å². The summed E-state index contributed by atoms with van der Waals surface area (Å²) < 4.78 is 0. The molecule has 1 aromatic carbocycles. The Morgan fingerprint density at radius 2 is 2.05 bits per heavy atom. The number of aliphatic hydroxyl groups is 1. The van der Waals surface area contributed by atoms with Crippen LogP contribution in [0, 0.1) is 5.41 Å². The van der Waals surface area contributed by atoms with E-state index >= 15 is 0 Å². The number of rotatable bonds is 5. The van der Waals surface area contributed by atoms with Crippen molar-refractivity contribution in [3.05, 3.63) is 48.2 Å². The number of hydrogen-bond acceptors (Lipinski definition) is 5. The van der Waals surface area contributed by atoms with Gasteiger partial charge in [-0.05, 0) is 6.07 Å². The number of aromatic nitrogens is 2. The lowest BCUT2D eigenvalue weighted by Crippen LogP contribution is -2.17. The fraction of sp³-hybridized carbons (Fsp3) is 0.154. The second-order valence-corrected chi connectivity index (χ2v) is 3.94. The minimum atomic E-state index is -0.873. The number of nitrogens with zero attached hydrogens (tertiary/aromatic N) is 3. The lowest BCUT2D eigenvalue weighted by atomic mass is 10.2. The maximum absolute atomic E-state index is 10.0. The van der Waals surface area contributed by atoms with E-state index in [0.29, 0.717) is 11.8 Å². The molecule has 6 heteroatoms. The Morgan fingerprint density at radius 1 is 1.32 bits per heavy atom. The average Bonchev–Trinajstić information content (AvgIpc) is 2.47. The topological polar surface area (TPSA) is 85.1 Å². The molecule has 19 heavy (non-hydrogen) atoms. The Labute approximate surface area is 111 Å². The smallest absolute Gasteiger partial charge is 0.226 e. The number of nitrogens with one attached hydrogen (secondary N) is 2. The molecule has 0 aliphatic carbocycles. The van der Waals surface area contributed by atoms with Crippen molar-refractivity contribution < 1.29 is 5.11 Å². The van der Waals surface area contributed by atoms with Gasteiger partial charge < -0.3 is 15.3 Å². The van der Waals surface area contributed by atoms with Gasteiger partial charge in [0.2, 0.25) is 5.95 Å². The molecule has 0 spiro atoms. The number of anilines is 2. The Kier molecular flexibility index (Phi) is 4.04. The summed E-state index contributed by atoms with van der Waals surface area (Å²) in [6, 6.07) is 10.9. The van der Waals surface area contributed by atoms with E-state index in [1.807, 2.05) is 30.3 Å².